The second kappa shape index (κ2) is 8.62. The minimum Gasteiger partial charge on any atom is -0.462 e. The Morgan fingerprint density at radius 2 is 1.60 bits per heavy atom. The van der Waals surface area contributed by atoms with Crippen molar-refractivity contribution in [3.05, 3.63) is 102 Å². The standard InChI is InChI=1S/C26H20O4/c1-2-29-26(28)20-10-8-19(9-11-20)25-16-14-23(30-25)13-15-24(27)22-12-7-18-5-3-4-6-21(18)17-22/h3-17H,2H2,1H3. The van der Waals surface area contributed by atoms with Crippen LogP contribution in [0.4, 0.5) is 0 Å². The Balaban J connectivity index is 1.47. The van der Waals surface area contributed by atoms with E-state index in [1.165, 1.54) is 6.08 Å². The summed E-state index contributed by atoms with van der Waals surface area (Å²) in [4.78, 5) is 24.3. The zero-order valence-electron chi connectivity index (χ0n) is 16.5. The van der Waals surface area contributed by atoms with Gasteiger partial charge in [0.15, 0.2) is 5.78 Å². The SMILES string of the molecule is CCOC(=O)c1ccc(-c2ccc(C=CC(=O)c3ccc4ccccc4c3)o2)cc1. The van der Waals surface area contributed by atoms with E-state index in [1.54, 1.807) is 43.3 Å². The van der Waals surface area contributed by atoms with Crippen molar-refractivity contribution >= 4 is 28.6 Å². The van der Waals surface area contributed by atoms with Gasteiger partial charge in [0, 0.05) is 11.1 Å². The molecule has 0 saturated carbocycles. The molecular formula is C26H20O4. The van der Waals surface area contributed by atoms with Crippen LogP contribution in [0.1, 0.15) is 33.4 Å². The molecule has 148 valence electrons. The number of esters is 1. The minimum absolute atomic E-state index is 0.0857. The van der Waals surface area contributed by atoms with Crippen LogP contribution < -0.4 is 0 Å². The highest BCUT2D eigenvalue weighted by atomic mass is 16.5. The fraction of sp³-hybridized carbons (Fsp3) is 0.0769. The van der Waals surface area contributed by atoms with Crippen molar-refractivity contribution in [1.29, 1.82) is 0 Å². The second-order valence-electron chi connectivity index (χ2n) is 6.76. The molecule has 0 spiro atoms. The third-order valence-electron chi connectivity index (χ3n) is 4.74. The maximum Gasteiger partial charge on any atom is 0.338 e. The van der Waals surface area contributed by atoms with Crippen LogP contribution in [-0.4, -0.2) is 18.4 Å². The molecule has 0 atom stereocenters. The molecule has 0 aliphatic heterocycles. The molecule has 0 aliphatic carbocycles. The molecular weight excluding hydrogens is 376 g/mol. The topological polar surface area (TPSA) is 56.5 Å². The Labute approximate surface area is 174 Å². The van der Waals surface area contributed by atoms with Crippen LogP contribution in [0.15, 0.2) is 89.4 Å². The summed E-state index contributed by atoms with van der Waals surface area (Å²) in [5, 5.41) is 2.13. The molecule has 4 heteroatoms. The van der Waals surface area contributed by atoms with Crippen LogP contribution >= 0.6 is 0 Å². The summed E-state index contributed by atoms with van der Waals surface area (Å²) in [5.74, 6) is 0.800. The van der Waals surface area contributed by atoms with Gasteiger partial charge >= 0.3 is 5.97 Å². The second-order valence-corrected chi connectivity index (χ2v) is 6.76. The summed E-state index contributed by atoms with van der Waals surface area (Å²) in [6.45, 7) is 2.11. The summed E-state index contributed by atoms with van der Waals surface area (Å²) in [5.41, 5.74) is 1.96. The molecule has 0 fully saturated rings. The summed E-state index contributed by atoms with van der Waals surface area (Å²) in [6.07, 6.45) is 3.17. The Hall–Kier alpha value is -3.92. The number of rotatable bonds is 6. The fourth-order valence-electron chi connectivity index (χ4n) is 3.18. The van der Waals surface area contributed by atoms with Crippen LogP contribution in [0, 0.1) is 0 Å². The van der Waals surface area contributed by atoms with Gasteiger partial charge in [-0.15, -0.1) is 0 Å². The normalized spacial score (nSPS) is 11.1. The Kier molecular flexibility index (Phi) is 5.57. The van der Waals surface area contributed by atoms with E-state index in [0.717, 1.165) is 16.3 Å². The number of furan rings is 1. The zero-order chi connectivity index (χ0) is 20.9. The molecule has 4 rings (SSSR count). The highest BCUT2D eigenvalue weighted by Gasteiger charge is 2.09. The Bertz CT molecular complexity index is 1230. The summed E-state index contributed by atoms with van der Waals surface area (Å²) in [6, 6.07) is 24.2. The van der Waals surface area contributed by atoms with E-state index < -0.39 is 0 Å². The van der Waals surface area contributed by atoms with Gasteiger partial charge in [-0.25, -0.2) is 4.79 Å². The average molecular weight is 396 g/mol. The lowest BCUT2D eigenvalue weighted by Crippen LogP contribution is -2.03. The predicted molar refractivity (Wildman–Crippen MR) is 117 cm³/mol. The molecule has 0 unspecified atom stereocenters. The van der Waals surface area contributed by atoms with E-state index in [2.05, 4.69) is 0 Å². The molecule has 0 aliphatic rings. The van der Waals surface area contributed by atoms with Crippen LogP contribution in [0.5, 0.6) is 0 Å². The molecule has 3 aromatic carbocycles. The van der Waals surface area contributed by atoms with E-state index in [1.807, 2.05) is 48.5 Å². The smallest absolute Gasteiger partial charge is 0.338 e. The van der Waals surface area contributed by atoms with E-state index in [9.17, 15) is 9.59 Å². The van der Waals surface area contributed by atoms with Gasteiger partial charge in [0.1, 0.15) is 11.5 Å². The van der Waals surface area contributed by atoms with Crippen molar-refractivity contribution in [3.63, 3.8) is 0 Å². The summed E-state index contributed by atoms with van der Waals surface area (Å²) in [7, 11) is 0. The third kappa shape index (κ3) is 4.23. The predicted octanol–water partition coefficient (Wildman–Crippen LogP) is 6.17. The number of hydrogen-bond acceptors (Lipinski definition) is 4. The van der Waals surface area contributed by atoms with Crippen molar-refractivity contribution in [2.75, 3.05) is 6.61 Å². The minimum atomic E-state index is -0.348. The molecule has 4 nitrogen and oxygen atoms in total. The van der Waals surface area contributed by atoms with E-state index in [4.69, 9.17) is 9.15 Å². The molecule has 30 heavy (non-hydrogen) atoms. The molecule has 0 radical (unpaired) electrons. The van der Waals surface area contributed by atoms with Gasteiger partial charge in [0.25, 0.3) is 0 Å². The molecule has 0 bridgehead atoms. The third-order valence-corrected chi connectivity index (χ3v) is 4.74. The first kappa shape index (κ1) is 19.4. The number of fused-ring (bicyclic) bond motifs is 1. The van der Waals surface area contributed by atoms with Crippen molar-refractivity contribution in [3.8, 4) is 11.3 Å². The number of ketones is 1. The maximum atomic E-state index is 12.5. The molecule has 0 amide bonds. The molecule has 1 heterocycles. The number of benzene rings is 3. The number of hydrogen-bond donors (Lipinski definition) is 0. The van der Waals surface area contributed by atoms with E-state index in [0.29, 0.717) is 29.3 Å². The van der Waals surface area contributed by atoms with Crippen molar-refractivity contribution in [2.45, 2.75) is 6.92 Å². The molecule has 0 saturated heterocycles. The van der Waals surface area contributed by atoms with E-state index in [-0.39, 0.29) is 11.8 Å². The van der Waals surface area contributed by atoms with Gasteiger partial charge in [-0.2, -0.15) is 0 Å². The van der Waals surface area contributed by atoms with Crippen molar-refractivity contribution in [1.82, 2.24) is 0 Å². The highest BCUT2D eigenvalue weighted by molar-refractivity contribution is 6.08. The lowest BCUT2D eigenvalue weighted by atomic mass is 10.0. The van der Waals surface area contributed by atoms with Gasteiger partial charge in [0.2, 0.25) is 0 Å². The van der Waals surface area contributed by atoms with Gasteiger partial charge in [-0.3, -0.25) is 4.79 Å². The van der Waals surface area contributed by atoms with Crippen LogP contribution in [0.3, 0.4) is 0 Å². The van der Waals surface area contributed by atoms with Gasteiger partial charge in [-0.05, 0) is 60.2 Å². The zero-order valence-corrected chi connectivity index (χ0v) is 16.5. The van der Waals surface area contributed by atoms with Gasteiger partial charge in [0.05, 0.1) is 12.2 Å². The molecule has 0 N–H and O–H groups in total. The summed E-state index contributed by atoms with van der Waals surface area (Å²) < 4.78 is 10.8. The first-order valence-corrected chi connectivity index (χ1v) is 9.72. The van der Waals surface area contributed by atoms with Crippen LogP contribution in [-0.2, 0) is 4.74 Å². The van der Waals surface area contributed by atoms with E-state index >= 15 is 0 Å². The lowest BCUT2D eigenvalue weighted by molar-refractivity contribution is 0.0526. The number of ether oxygens (including phenoxy) is 1. The quantitative estimate of drug-likeness (QED) is 0.222. The molecule has 4 aromatic rings. The monoisotopic (exact) mass is 396 g/mol. The Morgan fingerprint density at radius 3 is 2.37 bits per heavy atom. The molecule has 1 aromatic heterocycles. The van der Waals surface area contributed by atoms with Crippen LogP contribution in [0.2, 0.25) is 0 Å². The van der Waals surface area contributed by atoms with Crippen LogP contribution in [0.25, 0.3) is 28.2 Å². The highest BCUT2D eigenvalue weighted by Crippen LogP contribution is 2.24. The van der Waals surface area contributed by atoms with Crippen molar-refractivity contribution < 1.29 is 18.7 Å². The number of carbonyl (C=O) groups is 2. The Morgan fingerprint density at radius 1 is 0.867 bits per heavy atom. The van der Waals surface area contributed by atoms with Crippen molar-refractivity contribution in [2.24, 2.45) is 0 Å². The number of allylic oxidation sites excluding steroid dienone is 1. The number of carbonyl (C=O) groups excluding carboxylic acids is 2. The fourth-order valence-corrected chi connectivity index (χ4v) is 3.18. The summed E-state index contributed by atoms with van der Waals surface area (Å²) >= 11 is 0. The first-order chi connectivity index (χ1) is 14.6. The van der Waals surface area contributed by atoms with Gasteiger partial charge in [-0.1, -0.05) is 48.5 Å². The average Bonchev–Trinajstić information content (AvgIpc) is 3.26. The van der Waals surface area contributed by atoms with Gasteiger partial charge < -0.3 is 9.15 Å². The maximum absolute atomic E-state index is 12.5. The lowest BCUT2D eigenvalue weighted by Gasteiger charge is -2.02. The first-order valence-electron chi connectivity index (χ1n) is 9.72. The largest absolute Gasteiger partial charge is 0.462 e.